The second kappa shape index (κ2) is 7.87. The molecule has 1 aliphatic rings. The first kappa shape index (κ1) is 19.4. The van der Waals surface area contributed by atoms with Crippen LogP contribution in [-0.2, 0) is 0 Å². The Bertz CT molecular complexity index is 1030. The maximum Gasteiger partial charge on any atom is 0.274 e. The Morgan fingerprint density at radius 3 is 2.93 bits per heavy atom. The number of hydrogen-bond acceptors (Lipinski definition) is 5. The van der Waals surface area contributed by atoms with Crippen LogP contribution in [0, 0.1) is 5.82 Å². The summed E-state index contributed by atoms with van der Waals surface area (Å²) in [5.41, 5.74) is 0.970. The molecule has 1 aliphatic heterocycles. The Morgan fingerprint density at radius 2 is 2.21 bits per heavy atom. The summed E-state index contributed by atoms with van der Waals surface area (Å²) in [5.74, 6) is 0.384. The van der Waals surface area contributed by atoms with E-state index in [0.29, 0.717) is 34.5 Å². The Morgan fingerprint density at radius 1 is 1.38 bits per heavy atom. The number of benzene rings is 1. The second-order valence-electron chi connectivity index (χ2n) is 7.11. The number of halogens is 2. The van der Waals surface area contributed by atoms with Crippen LogP contribution in [0.2, 0.25) is 5.02 Å². The number of H-pyrrole nitrogens is 1. The molecule has 29 heavy (non-hydrogen) atoms. The van der Waals surface area contributed by atoms with Crippen molar-refractivity contribution >= 4 is 17.5 Å². The molecule has 1 saturated heterocycles. The Balaban J connectivity index is 1.56. The molecular weight excluding hydrogens is 399 g/mol. The van der Waals surface area contributed by atoms with Gasteiger partial charge in [-0.1, -0.05) is 16.8 Å². The van der Waals surface area contributed by atoms with Gasteiger partial charge >= 0.3 is 0 Å². The van der Waals surface area contributed by atoms with Crippen LogP contribution in [0.1, 0.15) is 41.9 Å². The number of methoxy groups -OCH3 is 1. The predicted molar refractivity (Wildman–Crippen MR) is 105 cm³/mol. The van der Waals surface area contributed by atoms with Crippen LogP contribution in [0.3, 0.4) is 0 Å². The van der Waals surface area contributed by atoms with E-state index in [1.165, 1.54) is 25.3 Å². The van der Waals surface area contributed by atoms with Crippen LogP contribution in [0.25, 0.3) is 11.6 Å². The van der Waals surface area contributed by atoms with Gasteiger partial charge in [-0.2, -0.15) is 4.98 Å². The van der Waals surface area contributed by atoms with Crippen molar-refractivity contribution < 1.29 is 18.4 Å². The van der Waals surface area contributed by atoms with Gasteiger partial charge in [-0.25, -0.2) is 4.39 Å². The van der Waals surface area contributed by atoms with Gasteiger partial charge in [-0.15, -0.1) is 0 Å². The van der Waals surface area contributed by atoms with Crippen LogP contribution in [0.5, 0.6) is 5.75 Å². The number of ether oxygens (including phenoxy) is 1. The fourth-order valence-corrected chi connectivity index (χ4v) is 3.76. The van der Waals surface area contributed by atoms with Crippen molar-refractivity contribution in [3.05, 3.63) is 52.7 Å². The summed E-state index contributed by atoms with van der Waals surface area (Å²) in [5, 5.41) is 4.65. The first-order chi connectivity index (χ1) is 14.0. The summed E-state index contributed by atoms with van der Waals surface area (Å²) >= 11 is 5.93. The number of hydrogen-bond donors (Lipinski definition) is 1. The van der Waals surface area contributed by atoms with Crippen molar-refractivity contribution in [1.29, 1.82) is 0 Å². The van der Waals surface area contributed by atoms with Crippen LogP contribution >= 0.6 is 11.6 Å². The molecule has 0 unspecified atom stereocenters. The molecule has 1 amide bonds. The molecule has 9 heteroatoms. The average molecular weight is 419 g/mol. The largest absolute Gasteiger partial charge is 0.496 e. The summed E-state index contributed by atoms with van der Waals surface area (Å²) in [7, 11) is 1.42. The molecule has 2 atom stereocenters. The molecule has 0 aliphatic carbocycles. The van der Waals surface area contributed by atoms with Crippen molar-refractivity contribution in [2.24, 2.45) is 0 Å². The lowest BCUT2D eigenvalue weighted by Gasteiger charge is -2.37. The lowest BCUT2D eigenvalue weighted by Crippen LogP contribution is -2.45. The number of amides is 1. The van der Waals surface area contributed by atoms with Crippen molar-refractivity contribution in [3.63, 3.8) is 0 Å². The summed E-state index contributed by atoms with van der Waals surface area (Å²) in [6, 6.07) is 5.66. The average Bonchev–Trinajstić information content (AvgIpc) is 3.37. The van der Waals surface area contributed by atoms with Crippen molar-refractivity contribution in [1.82, 2.24) is 20.0 Å². The molecule has 2 aromatic heterocycles. The lowest BCUT2D eigenvalue weighted by atomic mass is 9.92. The monoisotopic (exact) mass is 418 g/mol. The standard InChI is InChI=1S/C20H20ClFN4O3/c1-11-3-4-12(18-24-19(29-25-18)16-7-13(21)9-23-16)10-26(11)20(27)15-6-5-14(22)8-17(15)28-2/h5-9,11-12,23H,3-4,10H2,1-2H3/t11-,12+/m1/s1. The highest BCUT2D eigenvalue weighted by atomic mass is 35.5. The van der Waals surface area contributed by atoms with Gasteiger partial charge in [-0.05, 0) is 38.0 Å². The van der Waals surface area contributed by atoms with Gasteiger partial charge in [0.1, 0.15) is 17.3 Å². The third kappa shape index (κ3) is 3.85. The van der Waals surface area contributed by atoms with Crippen LogP contribution < -0.4 is 4.74 Å². The number of rotatable bonds is 4. The number of aromatic amines is 1. The molecule has 152 valence electrons. The molecule has 7 nitrogen and oxygen atoms in total. The highest BCUT2D eigenvalue weighted by Crippen LogP contribution is 2.32. The minimum atomic E-state index is -0.452. The molecule has 1 N–H and O–H groups in total. The van der Waals surface area contributed by atoms with Crippen LogP contribution in [-0.4, -0.2) is 45.6 Å². The van der Waals surface area contributed by atoms with Gasteiger partial charge in [0.05, 0.1) is 17.7 Å². The van der Waals surface area contributed by atoms with Crippen molar-refractivity contribution in [2.45, 2.75) is 31.7 Å². The molecule has 3 aromatic rings. The third-order valence-corrected chi connectivity index (χ3v) is 5.44. The zero-order valence-corrected chi connectivity index (χ0v) is 16.7. The molecule has 3 heterocycles. The van der Waals surface area contributed by atoms with E-state index in [-0.39, 0.29) is 23.6 Å². The summed E-state index contributed by atoms with van der Waals surface area (Å²) in [6.45, 7) is 2.43. The Hall–Kier alpha value is -2.87. The van der Waals surface area contributed by atoms with Crippen molar-refractivity contribution in [2.75, 3.05) is 13.7 Å². The second-order valence-corrected chi connectivity index (χ2v) is 7.55. The summed E-state index contributed by atoms with van der Waals surface area (Å²) in [6.07, 6.45) is 3.26. The highest BCUT2D eigenvalue weighted by molar-refractivity contribution is 6.30. The normalized spacial score (nSPS) is 19.4. The first-order valence-electron chi connectivity index (χ1n) is 9.28. The number of aromatic nitrogens is 3. The van der Waals surface area contributed by atoms with Crippen molar-refractivity contribution in [3.8, 4) is 17.3 Å². The van der Waals surface area contributed by atoms with E-state index in [1.807, 2.05) is 6.92 Å². The van der Waals surface area contributed by atoms with Gasteiger partial charge in [0.15, 0.2) is 5.82 Å². The van der Waals surface area contributed by atoms with Gasteiger partial charge in [0, 0.05) is 30.8 Å². The number of nitrogens with zero attached hydrogens (tertiary/aromatic N) is 3. The van der Waals surface area contributed by atoms with E-state index in [1.54, 1.807) is 17.2 Å². The molecule has 0 bridgehead atoms. The molecule has 0 saturated carbocycles. The van der Waals surface area contributed by atoms with E-state index in [4.69, 9.17) is 20.9 Å². The molecule has 1 fully saturated rings. The topological polar surface area (TPSA) is 84.2 Å². The molecule has 0 spiro atoms. The fraction of sp³-hybridized carbons (Fsp3) is 0.350. The Labute approximate surface area is 171 Å². The summed E-state index contributed by atoms with van der Waals surface area (Å²) in [4.78, 5) is 22.4. The number of carbonyl (C=O) groups is 1. The highest BCUT2D eigenvalue weighted by Gasteiger charge is 2.34. The minimum absolute atomic E-state index is 0.0297. The molecular formula is C20H20ClFN4O3. The van der Waals surface area contributed by atoms with E-state index < -0.39 is 5.82 Å². The number of piperidine rings is 1. The summed E-state index contributed by atoms with van der Waals surface area (Å²) < 4.78 is 24.1. The fourth-order valence-electron chi connectivity index (χ4n) is 3.60. The predicted octanol–water partition coefficient (Wildman–Crippen LogP) is 4.27. The smallest absolute Gasteiger partial charge is 0.274 e. The number of likely N-dealkylation sites (tertiary alicyclic amines) is 1. The van der Waals surface area contributed by atoms with E-state index in [0.717, 1.165) is 12.8 Å². The minimum Gasteiger partial charge on any atom is -0.496 e. The zero-order valence-electron chi connectivity index (χ0n) is 16.0. The third-order valence-electron chi connectivity index (χ3n) is 5.22. The van der Waals surface area contributed by atoms with E-state index >= 15 is 0 Å². The maximum atomic E-state index is 13.5. The maximum absolute atomic E-state index is 13.5. The number of nitrogens with one attached hydrogen (secondary N) is 1. The van der Waals surface area contributed by atoms with Gasteiger partial charge in [0.25, 0.3) is 11.8 Å². The van der Waals surface area contributed by atoms with Gasteiger partial charge in [-0.3, -0.25) is 4.79 Å². The first-order valence-corrected chi connectivity index (χ1v) is 9.66. The van der Waals surface area contributed by atoms with E-state index in [2.05, 4.69) is 15.1 Å². The molecule has 4 rings (SSSR count). The van der Waals surface area contributed by atoms with E-state index in [9.17, 15) is 9.18 Å². The van der Waals surface area contributed by atoms with Crippen LogP contribution in [0.15, 0.2) is 35.0 Å². The number of carbonyl (C=O) groups excluding carboxylic acids is 1. The lowest BCUT2D eigenvalue weighted by molar-refractivity contribution is 0.0601. The molecule has 1 aromatic carbocycles. The Kier molecular flexibility index (Phi) is 5.27. The SMILES string of the molecule is COc1cc(F)ccc1C(=O)N1C[C@@H](c2noc(-c3cc(Cl)c[nH]3)n2)CC[C@H]1C. The van der Waals surface area contributed by atoms with Gasteiger partial charge < -0.3 is 19.1 Å². The van der Waals surface area contributed by atoms with Gasteiger partial charge in [0.2, 0.25) is 0 Å². The van der Waals surface area contributed by atoms with Crippen LogP contribution in [0.4, 0.5) is 4.39 Å². The quantitative estimate of drug-likeness (QED) is 0.683. The molecule has 0 radical (unpaired) electrons. The zero-order chi connectivity index (χ0) is 20.5.